The summed E-state index contributed by atoms with van der Waals surface area (Å²) in [7, 11) is 1.67. The van der Waals surface area contributed by atoms with Crippen molar-refractivity contribution in [2.75, 3.05) is 11.6 Å². The van der Waals surface area contributed by atoms with Crippen LogP contribution in [-0.2, 0) is 14.2 Å². The molecule has 1 N–H and O–H groups in total. The molecule has 0 atom stereocenters. The van der Waals surface area contributed by atoms with Crippen LogP contribution < -0.4 is 20.6 Å². The van der Waals surface area contributed by atoms with Gasteiger partial charge in [0.15, 0.2) is 0 Å². The standard InChI is InChI=1S/C17H26BN2O3S.C16H22O/c1-12(2)15(22)20(19-11-21)14-9-7-13(8-10-14)18-23-16(3,4)17(5,6)24;1-5-7-8-9-15-14(4)13(3)10-11-16(15)17-12-6-2/h7-12,24H,1-6H3,(H,19,21);5,7-11H,6,12H2,1-4H3/b;7-5-,9-8-. The molecule has 8 heteroatoms. The summed E-state index contributed by atoms with van der Waals surface area (Å²) in [6, 6.07) is 11.3. The number of amides is 2. The highest BCUT2D eigenvalue weighted by atomic mass is 32.1. The second-order valence-electron chi connectivity index (χ2n) is 11.1. The van der Waals surface area contributed by atoms with Gasteiger partial charge >= 0.3 is 7.48 Å². The van der Waals surface area contributed by atoms with Crippen LogP contribution in [0.3, 0.4) is 0 Å². The van der Waals surface area contributed by atoms with Crippen LogP contribution >= 0.6 is 12.6 Å². The minimum atomic E-state index is -0.451. The van der Waals surface area contributed by atoms with Crippen LogP contribution in [0.5, 0.6) is 5.75 Å². The van der Waals surface area contributed by atoms with E-state index in [4.69, 9.17) is 9.39 Å². The van der Waals surface area contributed by atoms with Crippen LogP contribution in [0, 0.1) is 19.8 Å². The lowest BCUT2D eigenvalue weighted by Crippen LogP contribution is -2.46. The number of hydrogen-bond donors (Lipinski definition) is 2. The molecule has 0 bridgehead atoms. The number of hydrogen-bond acceptors (Lipinski definition) is 5. The number of thiol groups is 1. The molecule has 0 saturated heterocycles. The van der Waals surface area contributed by atoms with Gasteiger partial charge in [-0.05, 0) is 84.2 Å². The first kappa shape index (κ1) is 36.1. The van der Waals surface area contributed by atoms with Gasteiger partial charge in [0, 0.05) is 16.2 Å². The monoisotopic (exact) mass is 579 g/mol. The molecule has 0 spiro atoms. The molecule has 6 nitrogen and oxygen atoms in total. The second-order valence-corrected chi connectivity index (χ2v) is 12.2. The third kappa shape index (κ3) is 11.4. The zero-order valence-electron chi connectivity index (χ0n) is 26.4. The molecule has 0 heterocycles. The van der Waals surface area contributed by atoms with Gasteiger partial charge in [-0.1, -0.05) is 68.7 Å². The van der Waals surface area contributed by atoms with Gasteiger partial charge < -0.3 is 9.39 Å². The number of carbonyl (C=O) groups is 2. The van der Waals surface area contributed by atoms with Crippen LogP contribution in [-0.4, -0.2) is 36.8 Å². The first-order chi connectivity index (χ1) is 19.2. The van der Waals surface area contributed by atoms with E-state index in [1.165, 1.54) is 21.7 Å². The number of hydrazine groups is 1. The number of nitrogens with zero attached hydrogens (tertiary/aromatic N) is 1. The largest absolute Gasteiger partial charge is 0.493 e. The van der Waals surface area contributed by atoms with E-state index in [9.17, 15) is 9.59 Å². The molecule has 0 aliphatic heterocycles. The number of anilines is 1. The fraction of sp³-hybridized carbons (Fsp3) is 0.455. The minimum absolute atomic E-state index is 0.187. The summed E-state index contributed by atoms with van der Waals surface area (Å²) in [6.45, 7) is 20.7. The lowest BCUT2D eigenvalue weighted by Gasteiger charge is -2.38. The zero-order valence-corrected chi connectivity index (χ0v) is 27.3. The Morgan fingerprint density at radius 2 is 1.71 bits per heavy atom. The highest BCUT2D eigenvalue weighted by Crippen LogP contribution is 2.30. The van der Waals surface area contributed by atoms with Gasteiger partial charge in [-0.3, -0.25) is 15.0 Å². The molecule has 0 saturated carbocycles. The third-order valence-corrected chi connectivity index (χ3v) is 7.32. The van der Waals surface area contributed by atoms with E-state index in [0.29, 0.717) is 12.1 Å². The lowest BCUT2D eigenvalue weighted by atomic mass is 9.84. The van der Waals surface area contributed by atoms with Crippen molar-refractivity contribution in [1.29, 1.82) is 0 Å². The molecule has 2 amide bonds. The number of aryl methyl sites for hydroxylation is 1. The number of ether oxygens (including phenoxy) is 1. The zero-order chi connectivity index (χ0) is 31.2. The van der Waals surface area contributed by atoms with Gasteiger partial charge in [0.1, 0.15) is 5.75 Å². The molecule has 2 rings (SSSR count). The molecular weight excluding hydrogens is 531 g/mol. The van der Waals surface area contributed by atoms with E-state index in [1.54, 1.807) is 33.5 Å². The van der Waals surface area contributed by atoms with Gasteiger partial charge in [-0.2, -0.15) is 12.6 Å². The van der Waals surface area contributed by atoms with Crippen molar-refractivity contribution in [3.63, 3.8) is 0 Å². The maximum Gasteiger partial charge on any atom is 0.330 e. The number of benzene rings is 2. The van der Waals surface area contributed by atoms with E-state index in [1.807, 2.05) is 58.9 Å². The Kier molecular flexibility index (Phi) is 15.0. The van der Waals surface area contributed by atoms with Gasteiger partial charge in [0.25, 0.3) is 0 Å². The van der Waals surface area contributed by atoms with Crippen molar-refractivity contribution < 1.29 is 19.0 Å². The summed E-state index contributed by atoms with van der Waals surface area (Å²) in [5, 5.41) is 1.24. The number of rotatable bonds is 13. The molecule has 0 unspecified atom stereocenters. The summed E-state index contributed by atoms with van der Waals surface area (Å²) >= 11 is 4.56. The fourth-order valence-electron chi connectivity index (χ4n) is 3.26. The Labute approximate surface area is 254 Å². The first-order valence-corrected chi connectivity index (χ1v) is 14.5. The number of carbonyl (C=O) groups excluding carboxylic acids is 2. The van der Waals surface area contributed by atoms with Crippen molar-refractivity contribution in [3.05, 3.63) is 71.3 Å². The predicted molar refractivity (Wildman–Crippen MR) is 177 cm³/mol. The average molecular weight is 580 g/mol. The average Bonchev–Trinajstić information content (AvgIpc) is 2.92. The predicted octanol–water partition coefficient (Wildman–Crippen LogP) is 6.77. The van der Waals surface area contributed by atoms with Gasteiger partial charge in [-0.15, -0.1) is 0 Å². The van der Waals surface area contributed by atoms with E-state index < -0.39 is 5.60 Å². The van der Waals surface area contributed by atoms with Crippen LogP contribution in [0.25, 0.3) is 6.08 Å². The Morgan fingerprint density at radius 1 is 1.07 bits per heavy atom. The molecule has 2 aromatic rings. The minimum Gasteiger partial charge on any atom is -0.493 e. The lowest BCUT2D eigenvalue weighted by molar-refractivity contribution is -0.124. The third-order valence-electron chi connectivity index (χ3n) is 6.78. The number of allylic oxidation sites excluding steroid dienone is 3. The Balaban J connectivity index is 0.000000435. The van der Waals surface area contributed by atoms with Crippen molar-refractivity contribution >= 4 is 49.7 Å². The smallest absolute Gasteiger partial charge is 0.330 e. The van der Waals surface area contributed by atoms with Crippen LogP contribution in [0.15, 0.2) is 54.6 Å². The summed E-state index contributed by atoms with van der Waals surface area (Å²) in [6.07, 6.45) is 9.75. The molecule has 0 aliphatic carbocycles. The van der Waals surface area contributed by atoms with Gasteiger partial charge in [-0.25, -0.2) is 5.01 Å². The van der Waals surface area contributed by atoms with E-state index in [-0.39, 0.29) is 16.6 Å². The summed E-state index contributed by atoms with van der Waals surface area (Å²) in [5.74, 6) is 0.564. The first-order valence-electron chi connectivity index (χ1n) is 14.1. The molecular formula is C33H48BN2O4S. The Morgan fingerprint density at radius 3 is 2.22 bits per heavy atom. The normalized spacial score (nSPS) is 11.8. The van der Waals surface area contributed by atoms with Crippen LogP contribution in [0.2, 0.25) is 0 Å². The van der Waals surface area contributed by atoms with Gasteiger partial charge in [0.2, 0.25) is 12.3 Å². The Bertz CT molecular complexity index is 1170. The van der Waals surface area contributed by atoms with Crippen molar-refractivity contribution in [1.82, 2.24) is 5.43 Å². The molecule has 0 aliphatic rings. The Hall–Kier alpha value is -2.97. The second kappa shape index (κ2) is 17.1. The molecule has 2 aromatic carbocycles. The van der Waals surface area contributed by atoms with Crippen LogP contribution in [0.4, 0.5) is 5.69 Å². The van der Waals surface area contributed by atoms with E-state index in [2.05, 4.69) is 63.1 Å². The molecule has 0 aromatic heterocycles. The molecule has 41 heavy (non-hydrogen) atoms. The highest BCUT2D eigenvalue weighted by Gasteiger charge is 2.34. The maximum absolute atomic E-state index is 12.1. The SMILES string of the molecule is C/C=C\C=C/c1c(OCCC)ccc(C)c1C.CC(C)C(=O)N(NC=O)c1ccc([B]OC(C)(C)C(C)(C)S)cc1. The summed E-state index contributed by atoms with van der Waals surface area (Å²) < 4.78 is 11.3. The fourth-order valence-corrected chi connectivity index (χ4v) is 3.31. The van der Waals surface area contributed by atoms with Crippen LogP contribution in [0.1, 0.15) is 78.5 Å². The van der Waals surface area contributed by atoms with Crippen molar-refractivity contribution in [2.24, 2.45) is 5.92 Å². The van der Waals surface area contributed by atoms with E-state index in [0.717, 1.165) is 24.2 Å². The van der Waals surface area contributed by atoms with Gasteiger partial charge in [0.05, 0.1) is 17.9 Å². The quantitative estimate of drug-likeness (QED) is 0.0904. The van der Waals surface area contributed by atoms with Crippen molar-refractivity contribution in [2.45, 2.75) is 86.0 Å². The summed E-state index contributed by atoms with van der Waals surface area (Å²) in [4.78, 5) is 22.9. The topological polar surface area (TPSA) is 67.9 Å². The summed E-state index contributed by atoms with van der Waals surface area (Å²) in [5.41, 5.74) is 7.20. The maximum atomic E-state index is 12.1. The molecule has 0 fully saturated rings. The molecule has 1 radical (unpaired) electrons. The molecule has 223 valence electrons. The van der Waals surface area contributed by atoms with E-state index >= 15 is 0 Å². The van der Waals surface area contributed by atoms with Crippen molar-refractivity contribution in [3.8, 4) is 5.75 Å². The number of nitrogens with one attached hydrogen (secondary N) is 1. The highest BCUT2D eigenvalue weighted by molar-refractivity contribution is 7.81.